The molecule has 1 fully saturated rings. The number of anilines is 1. The Labute approximate surface area is 136 Å². The maximum atomic E-state index is 12.4. The van der Waals surface area contributed by atoms with E-state index >= 15 is 0 Å². The van der Waals surface area contributed by atoms with Crippen molar-refractivity contribution in [1.29, 1.82) is 0 Å². The summed E-state index contributed by atoms with van der Waals surface area (Å²) in [6, 6.07) is 13.1. The van der Waals surface area contributed by atoms with E-state index in [1.165, 1.54) is 12.1 Å². The Hall–Kier alpha value is -2.24. The zero-order valence-electron chi connectivity index (χ0n) is 11.2. The Bertz CT molecular complexity index is 803. The van der Waals surface area contributed by atoms with Crippen molar-refractivity contribution in [2.75, 3.05) is 4.90 Å². The molecule has 2 aromatic carbocycles. The van der Waals surface area contributed by atoms with Crippen molar-refractivity contribution in [1.82, 2.24) is 0 Å². The number of thioether (sulfide) groups is 1. The number of halogens is 1. The largest absolute Gasteiger partial charge is 0.508 e. The molecule has 1 aliphatic rings. The second kappa shape index (κ2) is 5.87. The zero-order chi connectivity index (χ0) is 15.7. The molecular formula is C16H10ClNO3S. The number of phenols is 1. The van der Waals surface area contributed by atoms with Gasteiger partial charge in [-0.2, -0.15) is 0 Å². The summed E-state index contributed by atoms with van der Waals surface area (Å²) in [4.78, 5) is 25.9. The van der Waals surface area contributed by atoms with Crippen LogP contribution in [0.15, 0.2) is 53.4 Å². The molecule has 0 spiro atoms. The molecule has 110 valence electrons. The lowest BCUT2D eigenvalue weighted by atomic mass is 10.2. The van der Waals surface area contributed by atoms with Crippen molar-refractivity contribution < 1.29 is 14.7 Å². The van der Waals surface area contributed by atoms with Crippen molar-refractivity contribution in [2.24, 2.45) is 0 Å². The fourth-order valence-corrected chi connectivity index (χ4v) is 3.08. The molecule has 6 heteroatoms. The predicted molar refractivity (Wildman–Crippen MR) is 88.0 cm³/mol. The van der Waals surface area contributed by atoms with E-state index in [1.807, 2.05) is 0 Å². The smallest absolute Gasteiger partial charge is 0.298 e. The normalized spacial score (nSPS) is 16.6. The summed E-state index contributed by atoms with van der Waals surface area (Å²) >= 11 is 6.91. The number of phenolic OH excluding ortho intramolecular Hbond substituents is 1. The van der Waals surface area contributed by atoms with Crippen LogP contribution in [0.2, 0.25) is 5.02 Å². The number of amides is 2. The molecule has 0 aliphatic carbocycles. The standard InChI is InChI=1S/C16H10ClNO3S/c17-13-7-2-1-4-10(13)8-14-15(20)18(16(21)22-14)11-5-3-6-12(19)9-11/h1-9,19H/b14-8-. The van der Waals surface area contributed by atoms with E-state index in [2.05, 4.69) is 0 Å². The molecule has 0 aromatic heterocycles. The van der Waals surface area contributed by atoms with Gasteiger partial charge in [0.15, 0.2) is 0 Å². The molecule has 0 atom stereocenters. The van der Waals surface area contributed by atoms with E-state index in [9.17, 15) is 14.7 Å². The van der Waals surface area contributed by atoms with Gasteiger partial charge in [0.25, 0.3) is 11.1 Å². The Morgan fingerprint density at radius 2 is 1.86 bits per heavy atom. The highest BCUT2D eigenvalue weighted by atomic mass is 35.5. The Morgan fingerprint density at radius 1 is 1.09 bits per heavy atom. The molecular weight excluding hydrogens is 322 g/mol. The minimum atomic E-state index is -0.430. The number of carbonyl (C=O) groups is 2. The summed E-state index contributed by atoms with van der Waals surface area (Å²) in [6.07, 6.45) is 1.59. The lowest BCUT2D eigenvalue weighted by Crippen LogP contribution is -2.27. The molecule has 1 aliphatic heterocycles. The Kier molecular flexibility index (Phi) is 3.92. The minimum Gasteiger partial charge on any atom is -0.508 e. The molecule has 0 bridgehead atoms. The average molecular weight is 332 g/mol. The molecule has 1 saturated heterocycles. The van der Waals surface area contributed by atoms with E-state index in [4.69, 9.17) is 11.6 Å². The van der Waals surface area contributed by atoms with Crippen LogP contribution in [0.1, 0.15) is 5.56 Å². The van der Waals surface area contributed by atoms with Crippen LogP contribution in [-0.4, -0.2) is 16.3 Å². The summed E-state index contributed by atoms with van der Waals surface area (Å²) < 4.78 is 0. The summed E-state index contributed by atoms with van der Waals surface area (Å²) in [6.45, 7) is 0. The quantitative estimate of drug-likeness (QED) is 0.834. The third-order valence-corrected chi connectivity index (χ3v) is 4.29. The molecule has 2 amide bonds. The summed E-state index contributed by atoms with van der Waals surface area (Å²) in [7, 11) is 0. The fourth-order valence-electron chi connectivity index (χ4n) is 2.06. The van der Waals surface area contributed by atoms with Crippen molar-refractivity contribution in [2.45, 2.75) is 0 Å². The molecule has 4 nitrogen and oxygen atoms in total. The van der Waals surface area contributed by atoms with Crippen LogP contribution in [-0.2, 0) is 4.79 Å². The Balaban J connectivity index is 1.97. The van der Waals surface area contributed by atoms with Gasteiger partial charge in [-0.1, -0.05) is 35.9 Å². The molecule has 3 rings (SSSR count). The number of aromatic hydroxyl groups is 1. The van der Waals surface area contributed by atoms with E-state index in [0.717, 1.165) is 16.7 Å². The number of rotatable bonds is 2. The average Bonchev–Trinajstić information content (AvgIpc) is 2.76. The number of benzene rings is 2. The highest BCUT2D eigenvalue weighted by Gasteiger charge is 2.36. The molecule has 22 heavy (non-hydrogen) atoms. The fraction of sp³-hybridized carbons (Fsp3) is 0. The zero-order valence-corrected chi connectivity index (χ0v) is 12.8. The van der Waals surface area contributed by atoms with Crippen molar-refractivity contribution >= 4 is 46.3 Å². The molecule has 1 N–H and O–H groups in total. The van der Waals surface area contributed by atoms with Gasteiger partial charge in [0.1, 0.15) is 5.75 Å². The molecule has 0 saturated carbocycles. The number of nitrogens with zero attached hydrogens (tertiary/aromatic N) is 1. The van der Waals surface area contributed by atoms with Crippen LogP contribution in [0.4, 0.5) is 10.5 Å². The first-order valence-electron chi connectivity index (χ1n) is 6.38. The first kappa shape index (κ1) is 14.7. The van der Waals surface area contributed by atoms with Gasteiger partial charge < -0.3 is 5.11 Å². The van der Waals surface area contributed by atoms with Crippen LogP contribution < -0.4 is 4.90 Å². The summed E-state index contributed by atoms with van der Waals surface area (Å²) in [5.41, 5.74) is 1.01. The maximum Gasteiger partial charge on any atom is 0.298 e. The highest BCUT2D eigenvalue weighted by molar-refractivity contribution is 8.19. The van der Waals surface area contributed by atoms with Crippen LogP contribution >= 0.6 is 23.4 Å². The molecule has 0 radical (unpaired) electrons. The van der Waals surface area contributed by atoms with Gasteiger partial charge in [-0.05, 0) is 41.6 Å². The van der Waals surface area contributed by atoms with Crippen molar-refractivity contribution in [3.63, 3.8) is 0 Å². The van der Waals surface area contributed by atoms with Crippen LogP contribution in [0.5, 0.6) is 5.75 Å². The van der Waals surface area contributed by atoms with Gasteiger partial charge in [-0.3, -0.25) is 9.59 Å². The highest BCUT2D eigenvalue weighted by Crippen LogP contribution is 2.37. The van der Waals surface area contributed by atoms with E-state index in [1.54, 1.807) is 42.5 Å². The van der Waals surface area contributed by atoms with Gasteiger partial charge in [0, 0.05) is 11.1 Å². The van der Waals surface area contributed by atoms with Crippen molar-refractivity contribution in [3.8, 4) is 5.75 Å². The van der Waals surface area contributed by atoms with Gasteiger partial charge in [0.2, 0.25) is 0 Å². The van der Waals surface area contributed by atoms with Crippen LogP contribution in [0.3, 0.4) is 0 Å². The van der Waals surface area contributed by atoms with Gasteiger partial charge in [0.05, 0.1) is 10.6 Å². The van der Waals surface area contributed by atoms with Gasteiger partial charge >= 0.3 is 0 Å². The number of carbonyl (C=O) groups excluding carboxylic acids is 2. The third-order valence-electron chi connectivity index (χ3n) is 3.07. The Morgan fingerprint density at radius 3 is 2.59 bits per heavy atom. The summed E-state index contributed by atoms with van der Waals surface area (Å²) in [5, 5.41) is 9.59. The van der Waals surface area contributed by atoms with E-state index in [0.29, 0.717) is 21.2 Å². The van der Waals surface area contributed by atoms with Gasteiger partial charge in [-0.15, -0.1) is 0 Å². The SMILES string of the molecule is O=C1S/C(=C\c2ccccc2Cl)C(=O)N1c1cccc(O)c1. The van der Waals surface area contributed by atoms with Gasteiger partial charge in [-0.25, -0.2) is 4.90 Å². The van der Waals surface area contributed by atoms with Crippen LogP contribution in [0.25, 0.3) is 6.08 Å². The molecule has 0 unspecified atom stereocenters. The minimum absolute atomic E-state index is 0.00775. The van der Waals surface area contributed by atoms with Crippen molar-refractivity contribution in [3.05, 3.63) is 64.0 Å². The maximum absolute atomic E-state index is 12.4. The molecule has 2 aromatic rings. The predicted octanol–water partition coefficient (Wildman–Crippen LogP) is 4.29. The third kappa shape index (κ3) is 2.73. The molecule has 1 heterocycles. The first-order valence-corrected chi connectivity index (χ1v) is 7.57. The number of hydrogen-bond donors (Lipinski definition) is 1. The lowest BCUT2D eigenvalue weighted by Gasteiger charge is -2.12. The monoisotopic (exact) mass is 331 g/mol. The number of hydrogen-bond acceptors (Lipinski definition) is 4. The second-order valence-corrected chi connectivity index (χ2v) is 5.96. The van der Waals surface area contributed by atoms with E-state index < -0.39 is 11.1 Å². The van der Waals surface area contributed by atoms with Crippen LogP contribution in [0, 0.1) is 0 Å². The second-order valence-electron chi connectivity index (χ2n) is 4.56. The lowest BCUT2D eigenvalue weighted by molar-refractivity contribution is -0.113. The summed E-state index contributed by atoms with van der Waals surface area (Å²) in [5.74, 6) is -0.438. The first-order chi connectivity index (χ1) is 10.6. The topological polar surface area (TPSA) is 57.6 Å². The van der Waals surface area contributed by atoms with E-state index in [-0.39, 0.29) is 5.75 Å². The number of imide groups is 1.